The molecule has 3 heteroatoms. The van der Waals surface area contributed by atoms with E-state index in [1.807, 2.05) is 22.7 Å². The molecule has 0 aliphatic carbocycles. The number of carbonyl (C=O) groups is 1. The van der Waals surface area contributed by atoms with Gasteiger partial charge in [-0.3, -0.25) is 4.79 Å². The van der Waals surface area contributed by atoms with E-state index in [-0.39, 0.29) is 5.92 Å². The second-order valence-corrected chi connectivity index (χ2v) is 5.65. The first-order valence-electron chi connectivity index (χ1n) is 5.82. The van der Waals surface area contributed by atoms with Crippen molar-refractivity contribution in [3.8, 4) is 0 Å². The van der Waals surface area contributed by atoms with Gasteiger partial charge in [0.25, 0.3) is 0 Å². The molecule has 1 unspecified atom stereocenters. The number of rotatable bonds is 3. The predicted octanol–water partition coefficient (Wildman–Crippen LogP) is 2.15. The fourth-order valence-corrected chi connectivity index (χ4v) is 3.96. The van der Waals surface area contributed by atoms with Crippen LogP contribution in [0.4, 0.5) is 0 Å². The normalized spacial score (nSPS) is 27.8. The number of carbonyl (C=O) groups excluding carboxylic acids is 1. The van der Waals surface area contributed by atoms with Crippen molar-refractivity contribution in [1.29, 1.82) is 0 Å². The first-order chi connectivity index (χ1) is 7.86. The molecule has 3 rings (SSSR count). The van der Waals surface area contributed by atoms with E-state index < -0.39 is 0 Å². The van der Waals surface area contributed by atoms with Crippen LogP contribution in [0.3, 0.4) is 0 Å². The lowest BCUT2D eigenvalue weighted by Gasteiger charge is -2.41. The van der Waals surface area contributed by atoms with E-state index in [4.69, 9.17) is 0 Å². The molecule has 2 atom stereocenters. The summed E-state index contributed by atoms with van der Waals surface area (Å²) in [6, 6.07) is 10.4. The predicted molar refractivity (Wildman–Crippen MR) is 66.2 cm³/mol. The molecule has 0 bridgehead atoms. The molecule has 2 saturated heterocycles. The summed E-state index contributed by atoms with van der Waals surface area (Å²) in [5.41, 5.74) is 1.34. The van der Waals surface area contributed by atoms with Crippen molar-refractivity contribution in [3.05, 3.63) is 35.9 Å². The molecule has 2 heterocycles. The zero-order valence-electron chi connectivity index (χ0n) is 9.13. The van der Waals surface area contributed by atoms with Crippen molar-refractivity contribution in [3.63, 3.8) is 0 Å². The van der Waals surface area contributed by atoms with Crippen LogP contribution in [0, 0.1) is 5.92 Å². The van der Waals surface area contributed by atoms with Crippen molar-refractivity contribution in [2.75, 3.05) is 12.3 Å². The number of fused-ring (bicyclic) bond motifs is 1. The van der Waals surface area contributed by atoms with Gasteiger partial charge in [0.2, 0.25) is 5.91 Å². The minimum atomic E-state index is 0.285. The summed E-state index contributed by atoms with van der Waals surface area (Å²) in [6.07, 6.45) is 2.04. The lowest BCUT2D eigenvalue weighted by molar-refractivity contribution is -0.149. The summed E-state index contributed by atoms with van der Waals surface area (Å²) in [5, 5.41) is 0.496. The van der Waals surface area contributed by atoms with Gasteiger partial charge in [0.1, 0.15) is 0 Å². The second kappa shape index (κ2) is 4.13. The molecule has 2 aliphatic heterocycles. The molecule has 84 valence electrons. The van der Waals surface area contributed by atoms with Crippen LogP contribution in [-0.2, 0) is 11.2 Å². The molecule has 16 heavy (non-hydrogen) atoms. The zero-order chi connectivity index (χ0) is 11.0. The highest BCUT2D eigenvalue weighted by Crippen LogP contribution is 2.41. The lowest BCUT2D eigenvalue weighted by Crippen LogP contribution is -2.56. The van der Waals surface area contributed by atoms with E-state index in [9.17, 15) is 4.79 Å². The van der Waals surface area contributed by atoms with Gasteiger partial charge in [0.05, 0.1) is 11.3 Å². The van der Waals surface area contributed by atoms with E-state index in [1.165, 1.54) is 5.56 Å². The number of hydrogen-bond acceptors (Lipinski definition) is 2. The first-order valence-corrected chi connectivity index (χ1v) is 6.87. The van der Waals surface area contributed by atoms with Crippen molar-refractivity contribution in [2.24, 2.45) is 5.92 Å². The Bertz CT molecular complexity index is 392. The molecule has 0 N–H and O–H groups in total. The summed E-state index contributed by atoms with van der Waals surface area (Å²) in [7, 11) is 0. The van der Waals surface area contributed by atoms with Gasteiger partial charge in [-0.15, -0.1) is 11.8 Å². The monoisotopic (exact) mass is 233 g/mol. The van der Waals surface area contributed by atoms with Gasteiger partial charge in [-0.2, -0.15) is 0 Å². The van der Waals surface area contributed by atoms with E-state index in [0.29, 0.717) is 11.3 Å². The number of β-lactam (4-membered cyclic amide) rings is 1. The summed E-state index contributed by atoms with van der Waals surface area (Å²) in [5.74, 6) is 1.79. The third kappa shape index (κ3) is 1.63. The third-order valence-electron chi connectivity index (χ3n) is 3.46. The SMILES string of the molecule is O=C1C(CCc2ccccc2)[C@@H]2SCCN12. The Labute approximate surface area is 100 Å². The summed E-state index contributed by atoms with van der Waals surface area (Å²) in [6.45, 7) is 0.968. The van der Waals surface area contributed by atoms with Crippen LogP contribution < -0.4 is 0 Å². The molecule has 2 aliphatic rings. The van der Waals surface area contributed by atoms with Gasteiger partial charge in [-0.05, 0) is 18.4 Å². The molecule has 1 aromatic carbocycles. The molecule has 1 amide bonds. The Morgan fingerprint density at radius 3 is 2.94 bits per heavy atom. The smallest absolute Gasteiger partial charge is 0.229 e. The van der Waals surface area contributed by atoms with Gasteiger partial charge in [0.15, 0.2) is 0 Å². The Morgan fingerprint density at radius 2 is 2.12 bits per heavy atom. The van der Waals surface area contributed by atoms with Crippen LogP contribution in [0.15, 0.2) is 30.3 Å². The molecule has 0 aromatic heterocycles. The minimum absolute atomic E-state index is 0.285. The van der Waals surface area contributed by atoms with Gasteiger partial charge in [0, 0.05) is 12.3 Å². The molecular weight excluding hydrogens is 218 g/mol. The van der Waals surface area contributed by atoms with Crippen molar-refractivity contribution in [1.82, 2.24) is 4.90 Å². The summed E-state index contributed by atoms with van der Waals surface area (Å²) < 4.78 is 0. The van der Waals surface area contributed by atoms with Gasteiger partial charge in [-0.1, -0.05) is 30.3 Å². The maximum absolute atomic E-state index is 11.8. The molecule has 0 spiro atoms. The van der Waals surface area contributed by atoms with E-state index in [2.05, 4.69) is 24.3 Å². The van der Waals surface area contributed by atoms with Crippen molar-refractivity contribution >= 4 is 17.7 Å². The third-order valence-corrected chi connectivity index (χ3v) is 4.80. The van der Waals surface area contributed by atoms with Gasteiger partial charge < -0.3 is 4.90 Å². The highest BCUT2D eigenvalue weighted by molar-refractivity contribution is 8.00. The maximum Gasteiger partial charge on any atom is 0.229 e. The standard InChI is InChI=1S/C13H15NOS/c15-12-11(13-14(12)8-9-16-13)7-6-10-4-2-1-3-5-10/h1-5,11,13H,6-9H2/t11?,13-/m0/s1. The van der Waals surface area contributed by atoms with Crippen LogP contribution >= 0.6 is 11.8 Å². The van der Waals surface area contributed by atoms with Crippen LogP contribution in [0.2, 0.25) is 0 Å². The Balaban J connectivity index is 1.58. The number of hydrogen-bond donors (Lipinski definition) is 0. The second-order valence-electron chi connectivity index (χ2n) is 4.42. The minimum Gasteiger partial charge on any atom is -0.329 e. The highest BCUT2D eigenvalue weighted by Gasteiger charge is 2.49. The number of aryl methyl sites for hydroxylation is 1. The number of thioether (sulfide) groups is 1. The fraction of sp³-hybridized carbons (Fsp3) is 0.462. The summed E-state index contributed by atoms with van der Waals surface area (Å²) >= 11 is 1.94. The largest absolute Gasteiger partial charge is 0.329 e. The van der Waals surface area contributed by atoms with Crippen LogP contribution in [0.1, 0.15) is 12.0 Å². The highest BCUT2D eigenvalue weighted by atomic mass is 32.2. The van der Waals surface area contributed by atoms with Crippen molar-refractivity contribution in [2.45, 2.75) is 18.2 Å². The van der Waals surface area contributed by atoms with Crippen LogP contribution in [0.25, 0.3) is 0 Å². The summed E-state index contributed by atoms with van der Waals surface area (Å²) in [4.78, 5) is 13.8. The number of nitrogens with zero attached hydrogens (tertiary/aromatic N) is 1. The average Bonchev–Trinajstić information content (AvgIpc) is 2.75. The van der Waals surface area contributed by atoms with Crippen LogP contribution in [0.5, 0.6) is 0 Å². The maximum atomic E-state index is 11.8. The van der Waals surface area contributed by atoms with Gasteiger partial charge in [-0.25, -0.2) is 0 Å². The quantitative estimate of drug-likeness (QED) is 0.746. The van der Waals surface area contributed by atoms with E-state index in [0.717, 1.165) is 25.1 Å². The van der Waals surface area contributed by atoms with E-state index in [1.54, 1.807) is 0 Å². The molecule has 2 fully saturated rings. The topological polar surface area (TPSA) is 20.3 Å². The Morgan fingerprint density at radius 1 is 1.31 bits per heavy atom. The van der Waals surface area contributed by atoms with Crippen LogP contribution in [-0.4, -0.2) is 28.5 Å². The molecular formula is C13H15NOS. The molecule has 1 aromatic rings. The van der Waals surface area contributed by atoms with Gasteiger partial charge >= 0.3 is 0 Å². The van der Waals surface area contributed by atoms with E-state index >= 15 is 0 Å². The molecule has 0 radical (unpaired) electrons. The Kier molecular flexibility index (Phi) is 2.64. The molecule has 0 saturated carbocycles. The lowest BCUT2D eigenvalue weighted by atomic mass is 9.91. The fourth-order valence-electron chi connectivity index (χ4n) is 2.54. The zero-order valence-corrected chi connectivity index (χ0v) is 9.95. The number of benzene rings is 1. The van der Waals surface area contributed by atoms with Crippen molar-refractivity contribution < 1.29 is 4.79 Å². The average molecular weight is 233 g/mol. The molecule has 2 nitrogen and oxygen atoms in total. The number of amides is 1. The first kappa shape index (κ1) is 10.2. The Hall–Kier alpha value is -0.960.